The number of hydrogen-bond donors (Lipinski definition) is 2. The zero-order valence-corrected chi connectivity index (χ0v) is 9.81. The second kappa shape index (κ2) is 5.27. The van der Waals surface area contributed by atoms with Crippen molar-refractivity contribution < 1.29 is 4.92 Å². The van der Waals surface area contributed by atoms with E-state index >= 15 is 0 Å². The van der Waals surface area contributed by atoms with Crippen molar-refractivity contribution in [2.45, 2.75) is 6.54 Å². The average molecular weight is 261 g/mol. The summed E-state index contributed by atoms with van der Waals surface area (Å²) in [6.45, 7) is 0.135. The first-order valence-corrected chi connectivity index (χ1v) is 5.38. The third kappa shape index (κ3) is 2.75. The van der Waals surface area contributed by atoms with Crippen LogP contribution in [0.3, 0.4) is 0 Å². The molecule has 0 fully saturated rings. The van der Waals surface area contributed by atoms with Crippen LogP contribution >= 0.6 is 0 Å². The number of nitrogens with one attached hydrogen (secondary N) is 1. The molecular formula is C11H11N5O3. The Morgan fingerprint density at radius 3 is 2.84 bits per heavy atom. The van der Waals surface area contributed by atoms with Crippen molar-refractivity contribution in [3.05, 3.63) is 62.7 Å². The fraction of sp³-hybridized carbons (Fsp3) is 0.0909. The Balaban J connectivity index is 2.36. The SMILES string of the molecule is NNc1cccc(Cn2cccc([N+](=O)[O-])c2=O)n1. The molecule has 0 spiro atoms. The zero-order valence-electron chi connectivity index (χ0n) is 9.81. The molecule has 2 aromatic heterocycles. The van der Waals surface area contributed by atoms with E-state index in [0.29, 0.717) is 11.5 Å². The normalized spacial score (nSPS) is 10.2. The van der Waals surface area contributed by atoms with Crippen molar-refractivity contribution in [3.8, 4) is 0 Å². The fourth-order valence-electron chi connectivity index (χ4n) is 1.61. The van der Waals surface area contributed by atoms with E-state index in [4.69, 9.17) is 5.84 Å². The molecule has 0 saturated carbocycles. The molecule has 0 radical (unpaired) electrons. The highest BCUT2D eigenvalue weighted by atomic mass is 16.6. The number of nitrogens with zero attached hydrogens (tertiary/aromatic N) is 3. The summed E-state index contributed by atoms with van der Waals surface area (Å²) in [6.07, 6.45) is 1.47. The molecule has 0 aliphatic carbocycles. The van der Waals surface area contributed by atoms with E-state index in [-0.39, 0.29) is 6.54 Å². The standard InChI is InChI=1S/C11H11N5O3/c12-14-10-5-1-3-8(13-10)7-15-6-2-4-9(11(15)17)16(18)19/h1-6H,7,12H2,(H,13,14). The van der Waals surface area contributed by atoms with E-state index in [1.165, 1.54) is 22.9 Å². The number of hydrogen-bond acceptors (Lipinski definition) is 6. The van der Waals surface area contributed by atoms with Gasteiger partial charge in [0.1, 0.15) is 5.82 Å². The van der Waals surface area contributed by atoms with Gasteiger partial charge in [-0.1, -0.05) is 6.07 Å². The third-order valence-electron chi connectivity index (χ3n) is 2.48. The second-order valence-electron chi connectivity index (χ2n) is 3.74. The largest absolute Gasteiger partial charge is 0.334 e. The first-order valence-electron chi connectivity index (χ1n) is 5.38. The molecule has 0 bridgehead atoms. The molecule has 0 atom stereocenters. The highest BCUT2D eigenvalue weighted by Crippen LogP contribution is 2.06. The van der Waals surface area contributed by atoms with Gasteiger partial charge in [0.25, 0.3) is 0 Å². The van der Waals surface area contributed by atoms with Gasteiger partial charge in [-0.2, -0.15) is 0 Å². The molecule has 0 aromatic carbocycles. The fourth-order valence-corrected chi connectivity index (χ4v) is 1.61. The van der Waals surface area contributed by atoms with Crippen LogP contribution in [0.25, 0.3) is 0 Å². The molecule has 98 valence electrons. The van der Waals surface area contributed by atoms with Crippen molar-refractivity contribution >= 4 is 11.5 Å². The molecule has 19 heavy (non-hydrogen) atoms. The minimum Gasteiger partial charge on any atom is -0.308 e. The summed E-state index contributed by atoms with van der Waals surface area (Å²) in [4.78, 5) is 25.9. The number of aromatic nitrogens is 2. The first kappa shape index (κ1) is 12.7. The van der Waals surface area contributed by atoms with Crippen LogP contribution in [-0.4, -0.2) is 14.5 Å². The molecule has 0 aliphatic heterocycles. The summed E-state index contributed by atoms with van der Waals surface area (Å²) in [6, 6.07) is 7.71. The molecule has 2 heterocycles. The van der Waals surface area contributed by atoms with Crippen molar-refractivity contribution in [1.29, 1.82) is 0 Å². The van der Waals surface area contributed by atoms with Gasteiger partial charge in [-0.25, -0.2) is 10.8 Å². The lowest BCUT2D eigenvalue weighted by Gasteiger charge is -2.06. The van der Waals surface area contributed by atoms with Gasteiger partial charge in [-0.05, 0) is 18.2 Å². The predicted octanol–water partition coefficient (Wildman–Crippen LogP) is 0.485. The maximum Gasteiger partial charge on any atom is 0.334 e. The third-order valence-corrected chi connectivity index (χ3v) is 2.48. The number of nitrogen functional groups attached to an aromatic ring is 1. The summed E-state index contributed by atoms with van der Waals surface area (Å²) >= 11 is 0. The molecule has 8 heteroatoms. The van der Waals surface area contributed by atoms with E-state index in [0.717, 1.165) is 0 Å². The minimum absolute atomic E-state index is 0.135. The predicted molar refractivity (Wildman–Crippen MR) is 68.5 cm³/mol. The maximum atomic E-state index is 11.8. The molecular weight excluding hydrogens is 250 g/mol. The van der Waals surface area contributed by atoms with Gasteiger partial charge >= 0.3 is 11.2 Å². The number of nitrogens with two attached hydrogens (primary N) is 1. The Morgan fingerprint density at radius 2 is 2.16 bits per heavy atom. The molecule has 3 N–H and O–H groups in total. The Kier molecular flexibility index (Phi) is 3.53. The number of pyridine rings is 2. The van der Waals surface area contributed by atoms with Crippen molar-refractivity contribution in [1.82, 2.24) is 9.55 Å². The van der Waals surface area contributed by atoms with E-state index in [2.05, 4.69) is 10.4 Å². The zero-order chi connectivity index (χ0) is 13.8. The monoisotopic (exact) mass is 261 g/mol. The van der Waals surface area contributed by atoms with Crippen LogP contribution < -0.4 is 16.8 Å². The van der Waals surface area contributed by atoms with Crippen LogP contribution in [0.1, 0.15) is 5.69 Å². The molecule has 0 aliphatic rings. The van der Waals surface area contributed by atoms with Gasteiger partial charge in [0, 0.05) is 12.3 Å². The lowest BCUT2D eigenvalue weighted by molar-refractivity contribution is -0.386. The van der Waals surface area contributed by atoms with Gasteiger partial charge in [-0.3, -0.25) is 14.9 Å². The highest BCUT2D eigenvalue weighted by Gasteiger charge is 2.13. The highest BCUT2D eigenvalue weighted by molar-refractivity contribution is 5.33. The van der Waals surface area contributed by atoms with Crippen molar-refractivity contribution in [2.24, 2.45) is 5.84 Å². The van der Waals surface area contributed by atoms with Crippen LogP contribution in [0.15, 0.2) is 41.3 Å². The summed E-state index contributed by atoms with van der Waals surface area (Å²) in [5, 5.41) is 10.7. The van der Waals surface area contributed by atoms with E-state index < -0.39 is 16.2 Å². The van der Waals surface area contributed by atoms with Crippen LogP contribution in [0, 0.1) is 10.1 Å². The van der Waals surface area contributed by atoms with Crippen molar-refractivity contribution in [3.63, 3.8) is 0 Å². The summed E-state index contributed by atoms with van der Waals surface area (Å²) in [7, 11) is 0. The lowest BCUT2D eigenvalue weighted by atomic mass is 10.3. The number of anilines is 1. The van der Waals surface area contributed by atoms with E-state index in [9.17, 15) is 14.9 Å². The topological polar surface area (TPSA) is 116 Å². The first-order chi connectivity index (χ1) is 9.11. The van der Waals surface area contributed by atoms with Crippen LogP contribution in [0.2, 0.25) is 0 Å². The molecule has 0 amide bonds. The Morgan fingerprint density at radius 1 is 1.37 bits per heavy atom. The van der Waals surface area contributed by atoms with E-state index in [1.807, 2.05) is 0 Å². The molecule has 8 nitrogen and oxygen atoms in total. The van der Waals surface area contributed by atoms with Gasteiger partial charge < -0.3 is 9.99 Å². The summed E-state index contributed by atoms with van der Waals surface area (Å²) in [5.74, 6) is 5.69. The Labute approximate surface area is 107 Å². The second-order valence-corrected chi connectivity index (χ2v) is 3.74. The van der Waals surface area contributed by atoms with Gasteiger partial charge in [0.15, 0.2) is 0 Å². The summed E-state index contributed by atoms with van der Waals surface area (Å²) in [5.41, 5.74) is 1.83. The minimum atomic E-state index is -0.704. The van der Waals surface area contributed by atoms with Crippen LogP contribution in [0.5, 0.6) is 0 Å². The Bertz CT molecular complexity index is 667. The van der Waals surface area contributed by atoms with Gasteiger partial charge in [0.2, 0.25) is 0 Å². The van der Waals surface area contributed by atoms with Crippen LogP contribution in [0.4, 0.5) is 11.5 Å². The molecule has 0 unspecified atom stereocenters. The van der Waals surface area contributed by atoms with Gasteiger partial charge in [-0.15, -0.1) is 0 Å². The van der Waals surface area contributed by atoms with E-state index in [1.54, 1.807) is 18.2 Å². The van der Waals surface area contributed by atoms with Crippen LogP contribution in [-0.2, 0) is 6.54 Å². The Hall–Kier alpha value is -2.74. The maximum absolute atomic E-state index is 11.8. The smallest absolute Gasteiger partial charge is 0.308 e. The van der Waals surface area contributed by atoms with Gasteiger partial charge in [0.05, 0.1) is 17.2 Å². The summed E-state index contributed by atoms with van der Waals surface area (Å²) < 4.78 is 1.22. The molecule has 2 aromatic rings. The number of hydrazine groups is 1. The molecule has 0 saturated heterocycles. The molecule has 2 rings (SSSR count). The quantitative estimate of drug-likeness (QED) is 0.470. The van der Waals surface area contributed by atoms with Crippen molar-refractivity contribution in [2.75, 3.05) is 5.43 Å². The average Bonchev–Trinajstić information content (AvgIpc) is 2.41. The lowest BCUT2D eigenvalue weighted by Crippen LogP contribution is -2.22. The number of nitro groups is 1. The number of rotatable bonds is 4.